The van der Waals surface area contributed by atoms with Crippen molar-refractivity contribution in [2.45, 2.75) is 37.9 Å². The van der Waals surface area contributed by atoms with Gasteiger partial charge in [-0.15, -0.1) is 0 Å². The summed E-state index contributed by atoms with van der Waals surface area (Å²) in [4.78, 5) is 29.6. The van der Waals surface area contributed by atoms with E-state index in [0.29, 0.717) is 55.9 Å². The lowest BCUT2D eigenvalue weighted by atomic mass is 9.98. The largest absolute Gasteiger partial charge is 0.493 e. The van der Waals surface area contributed by atoms with E-state index >= 15 is 0 Å². The lowest BCUT2D eigenvalue weighted by molar-refractivity contribution is 0.0784. The topological polar surface area (TPSA) is 80.3 Å². The van der Waals surface area contributed by atoms with Crippen molar-refractivity contribution in [1.29, 1.82) is 0 Å². The van der Waals surface area contributed by atoms with Crippen LogP contribution >= 0.6 is 0 Å². The molecule has 0 atom stereocenters. The molecule has 1 aliphatic heterocycles. The predicted molar refractivity (Wildman–Crippen MR) is 178 cm³/mol. The van der Waals surface area contributed by atoms with Gasteiger partial charge in [0.05, 0.1) is 14.2 Å². The standard InChI is InChI=1S/C38H41N3O5/c1-40(24-27-14-17-35(44-2)36(22-27)45-3)37(42)28-15-12-26(13-16-28)23-39-29-18-20-41(21-19-29)38(43)46-25-34-32-10-6-4-8-30(32)31-9-5-7-11-33(31)34/h4-17,22,29,34,39H,18-21,23-25H2,1-3H3. The van der Waals surface area contributed by atoms with Crippen molar-refractivity contribution in [1.82, 2.24) is 15.1 Å². The van der Waals surface area contributed by atoms with Gasteiger partial charge in [0.15, 0.2) is 11.5 Å². The quantitative estimate of drug-likeness (QED) is 0.219. The van der Waals surface area contributed by atoms with Crippen LogP contribution in [0.15, 0.2) is 91.0 Å². The van der Waals surface area contributed by atoms with E-state index in [9.17, 15) is 9.59 Å². The summed E-state index contributed by atoms with van der Waals surface area (Å²) >= 11 is 0. The summed E-state index contributed by atoms with van der Waals surface area (Å²) in [6, 6.07) is 30.5. The number of piperidine rings is 1. The first kappa shape index (κ1) is 31.2. The molecule has 1 saturated heterocycles. The fourth-order valence-corrected chi connectivity index (χ4v) is 6.52. The van der Waals surface area contributed by atoms with Crippen LogP contribution in [-0.2, 0) is 17.8 Å². The Hall–Kier alpha value is -4.82. The zero-order valence-electron chi connectivity index (χ0n) is 26.7. The number of fused-ring (bicyclic) bond motifs is 3. The first-order valence-electron chi connectivity index (χ1n) is 15.8. The Bertz CT molecular complexity index is 1630. The maximum atomic E-state index is 13.1. The Kier molecular flexibility index (Phi) is 9.54. The van der Waals surface area contributed by atoms with E-state index in [0.717, 1.165) is 24.0 Å². The first-order valence-corrected chi connectivity index (χ1v) is 15.8. The zero-order valence-corrected chi connectivity index (χ0v) is 26.7. The Morgan fingerprint density at radius 3 is 2.04 bits per heavy atom. The van der Waals surface area contributed by atoms with Gasteiger partial charge in [-0.05, 0) is 70.5 Å². The fraction of sp³-hybridized carbons (Fsp3) is 0.316. The van der Waals surface area contributed by atoms with Crippen LogP contribution in [0.4, 0.5) is 4.79 Å². The fourth-order valence-electron chi connectivity index (χ4n) is 6.52. The molecule has 46 heavy (non-hydrogen) atoms. The van der Waals surface area contributed by atoms with Gasteiger partial charge in [-0.1, -0.05) is 66.7 Å². The highest BCUT2D eigenvalue weighted by atomic mass is 16.6. The van der Waals surface area contributed by atoms with Crippen LogP contribution in [0.3, 0.4) is 0 Å². The Morgan fingerprint density at radius 1 is 0.804 bits per heavy atom. The average molecular weight is 620 g/mol. The number of carbonyl (C=O) groups is 2. The molecule has 0 saturated carbocycles. The van der Waals surface area contributed by atoms with Crippen LogP contribution in [0.1, 0.15) is 51.4 Å². The number of nitrogens with one attached hydrogen (secondary N) is 1. The normalized spacial score (nSPS) is 14.4. The second-order valence-electron chi connectivity index (χ2n) is 12.0. The minimum atomic E-state index is -0.239. The van der Waals surface area contributed by atoms with Gasteiger partial charge in [-0.3, -0.25) is 4.79 Å². The maximum absolute atomic E-state index is 13.1. The highest BCUT2D eigenvalue weighted by Crippen LogP contribution is 2.44. The number of ether oxygens (including phenoxy) is 3. The molecular weight excluding hydrogens is 578 g/mol. The van der Waals surface area contributed by atoms with Crippen LogP contribution in [0.2, 0.25) is 0 Å². The lowest BCUT2D eigenvalue weighted by Crippen LogP contribution is -2.45. The van der Waals surface area contributed by atoms with Gasteiger partial charge in [0.25, 0.3) is 5.91 Å². The molecule has 4 aromatic rings. The number of carbonyl (C=O) groups excluding carboxylic acids is 2. The summed E-state index contributed by atoms with van der Waals surface area (Å²) in [7, 11) is 5.00. The summed E-state index contributed by atoms with van der Waals surface area (Å²) in [5.41, 5.74) is 7.61. The molecule has 1 heterocycles. The van der Waals surface area contributed by atoms with E-state index in [2.05, 4.69) is 41.7 Å². The number of hydrogen-bond acceptors (Lipinski definition) is 6. The highest BCUT2D eigenvalue weighted by Gasteiger charge is 2.30. The van der Waals surface area contributed by atoms with Gasteiger partial charge in [-0.2, -0.15) is 0 Å². The van der Waals surface area contributed by atoms with Crippen molar-refractivity contribution in [2.24, 2.45) is 0 Å². The molecule has 238 valence electrons. The Labute approximate surface area is 270 Å². The molecule has 1 fully saturated rings. The van der Waals surface area contributed by atoms with Crippen molar-refractivity contribution >= 4 is 12.0 Å². The van der Waals surface area contributed by atoms with Crippen molar-refractivity contribution in [3.63, 3.8) is 0 Å². The summed E-state index contributed by atoms with van der Waals surface area (Å²) in [6.07, 6.45) is 1.49. The monoisotopic (exact) mass is 619 g/mol. The summed E-state index contributed by atoms with van der Waals surface area (Å²) in [6.45, 7) is 2.82. The molecule has 0 radical (unpaired) electrons. The summed E-state index contributed by atoms with van der Waals surface area (Å²) < 4.78 is 16.6. The molecule has 8 heteroatoms. The molecule has 1 N–H and O–H groups in total. The molecule has 0 unspecified atom stereocenters. The third-order valence-corrected chi connectivity index (χ3v) is 9.10. The molecule has 6 rings (SSSR count). The third kappa shape index (κ3) is 6.72. The molecule has 0 bridgehead atoms. The van der Waals surface area contributed by atoms with Crippen molar-refractivity contribution in [3.8, 4) is 22.6 Å². The molecule has 0 spiro atoms. The molecule has 0 aromatic heterocycles. The van der Waals surface area contributed by atoms with E-state index in [-0.39, 0.29) is 17.9 Å². The number of rotatable bonds is 10. The SMILES string of the molecule is COc1ccc(CN(C)C(=O)c2ccc(CNC3CCN(C(=O)OCC4c5ccccc5-c5ccccc54)CC3)cc2)cc1OC. The van der Waals surface area contributed by atoms with Crippen LogP contribution in [0.25, 0.3) is 11.1 Å². The van der Waals surface area contributed by atoms with Crippen LogP contribution < -0.4 is 14.8 Å². The number of methoxy groups -OCH3 is 2. The van der Waals surface area contributed by atoms with Crippen LogP contribution in [0, 0.1) is 0 Å². The van der Waals surface area contributed by atoms with E-state index < -0.39 is 0 Å². The molecule has 2 amide bonds. The molecule has 2 aliphatic rings. The van der Waals surface area contributed by atoms with Gasteiger partial charge in [0.1, 0.15) is 6.61 Å². The van der Waals surface area contributed by atoms with Crippen LogP contribution in [0.5, 0.6) is 11.5 Å². The number of benzene rings is 4. The summed E-state index contributed by atoms with van der Waals surface area (Å²) in [5.74, 6) is 1.32. The van der Waals surface area contributed by atoms with E-state index in [1.54, 1.807) is 26.2 Å². The second kappa shape index (κ2) is 14.1. The second-order valence-corrected chi connectivity index (χ2v) is 12.0. The zero-order chi connectivity index (χ0) is 32.0. The van der Waals surface area contributed by atoms with E-state index in [4.69, 9.17) is 14.2 Å². The van der Waals surface area contributed by atoms with E-state index in [1.165, 1.54) is 22.3 Å². The van der Waals surface area contributed by atoms with Gasteiger partial charge < -0.3 is 29.3 Å². The molecule has 8 nitrogen and oxygen atoms in total. The number of hydrogen-bond donors (Lipinski definition) is 1. The van der Waals surface area contributed by atoms with Gasteiger partial charge >= 0.3 is 6.09 Å². The maximum Gasteiger partial charge on any atom is 0.409 e. The minimum Gasteiger partial charge on any atom is -0.493 e. The molecular formula is C38H41N3O5. The summed E-state index contributed by atoms with van der Waals surface area (Å²) in [5, 5.41) is 3.62. The Morgan fingerprint density at radius 2 is 1.41 bits per heavy atom. The van der Waals surface area contributed by atoms with Crippen molar-refractivity contribution < 1.29 is 23.8 Å². The number of nitrogens with zero attached hydrogens (tertiary/aromatic N) is 2. The minimum absolute atomic E-state index is 0.0464. The molecule has 1 aliphatic carbocycles. The van der Waals surface area contributed by atoms with Crippen molar-refractivity contribution in [3.05, 3.63) is 119 Å². The smallest absolute Gasteiger partial charge is 0.409 e. The Balaban J connectivity index is 0.943. The van der Waals surface area contributed by atoms with Gasteiger partial charge in [0, 0.05) is 50.7 Å². The van der Waals surface area contributed by atoms with Gasteiger partial charge in [0.2, 0.25) is 0 Å². The number of likely N-dealkylation sites (tertiary alicyclic amines) is 1. The van der Waals surface area contributed by atoms with E-state index in [1.807, 2.05) is 59.5 Å². The highest BCUT2D eigenvalue weighted by molar-refractivity contribution is 5.94. The third-order valence-electron chi connectivity index (χ3n) is 9.10. The molecule has 4 aromatic carbocycles. The first-order chi connectivity index (χ1) is 22.4. The van der Waals surface area contributed by atoms with Gasteiger partial charge in [-0.25, -0.2) is 4.79 Å². The predicted octanol–water partition coefficient (Wildman–Crippen LogP) is 6.48. The van der Waals surface area contributed by atoms with Crippen LogP contribution in [-0.4, -0.2) is 68.8 Å². The number of amides is 2. The van der Waals surface area contributed by atoms with Crippen molar-refractivity contribution in [2.75, 3.05) is 41.0 Å². The lowest BCUT2D eigenvalue weighted by Gasteiger charge is -2.32. The average Bonchev–Trinajstić information content (AvgIpc) is 3.43.